The molecule has 18 heavy (non-hydrogen) atoms. The molecule has 1 rings (SSSR count). The molecule has 2 N–H and O–H groups in total. The number of unbranched alkanes of at least 4 members (excludes halogenated alkanes) is 1. The maximum absolute atomic E-state index is 5.90. The Morgan fingerprint density at radius 2 is 2.11 bits per heavy atom. The van der Waals surface area contributed by atoms with Gasteiger partial charge in [-0.05, 0) is 46.0 Å². The normalized spacial score (nSPS) is 12.4. The Morgan fingerprint density at radius 1 is 1.33 bits per heavy atom. The monoisotopic (exact) mass is 313 g/mol. The van der Waals surface area contributed by atoms with E-state index < -0.39 is 0 Å². The van der Waals surface area contributed by atoms with Crippen LogP contribution in [0.25, 0.3) is 0 Å². The van der Waals surface area contributed by atoms with Gasteiger partial charge in [0.1, 0.15) is 5.75 Å². The SMILES string of the molecule is CCCCC(CC)COc1ccc(CN)cc1Br. The molecule has 0 heterocycles. The third-order valence-electron chi connectivity index (χ3n) is 3.25. The lowest BCUT2D eigenvalue weighted by Gasteiger charge is -2.16. The Hall–Kier alpha value is -0.540. The fraction of sp³-hybridized carbons (Fsp3) is 0.600. The first kappa shape index (κ1) is 15.5. The van der Waals surface area contributed by atoms with Crippen molar-refractivity contribution in [2.24, 2.45) is 11.7 Å². The van der Waals surface area contributed by atoms with E-state index in [1.54, 1.807) is 0 Å². The topological polar surface area (TPSA) is 35.2 Å². The summed E-state index contributed by atoms with van der Waals surface area (Å²) >= 11 is 3.53. The van der Waals surface area contributed by atoms with Crippen molar-refractivity contribution in [3.63, 3.8) is 0 Å². The van der Waals surface area contributed by atoms with E-state index >= 15 is 0 Å². The van der Waals surface area contributed by atoms with Gasteiger partial charge in [-0.25, -0.2) is 0 Å². The van der Waals surface area contributed by atoms with Crippen LogP contribution in [0.4, 0.5) is 0 Å². The fourth-order valence-corrected chi connectivity index (χ4v) is 2.43. The summed E-state index contributed by atoms with van der Waals surface area (Å²) in [5, 5.41) is 0. The molecule has 1 aromatic rings. The van der Waals surface area contributed by atoms with Gasteiger partial charge in [-0.3, -0.25) is 0 Å². The Morgan fingerprint density at radius 3 is 2.67 bits per heavy atom. The molecule has 0 radical (unpaired) electrons. The number of ether oxygens (including phenoxy) is 1. The molecule has 0 aliphatic carbocycles. The molecule has 102 valence electrons. The molecule has 3 heteroatoms. The van der Waals surface area contributed by atoms with Gasteiger partial charge in [-0.1, -0.05) is 39.2 Å². The average molecular weight is 314 g/mol. The highest BCUT2D eigenvalue weighted by Crippen LogP contribution is 2.27. The molecule has 0 spiro atoms. The van der Waals surface area contributed by atoms with Crippen LogP contribution < -0.4 is 10.5 Å². The molecular weight excluding hydrogens is 290 g/mol. The van der Waals surface area contributed by atoms with Crippen molar-refractivity contribution in [3.05, 3.63) is 28.2 Å². The Labute approximate surface area is 119 Å². The predicted molar refractivity (Wildman–Crippen MR) is 80.8 cm³/mol. The first-order chi connectivity index (χ1) is 8.71. The molecule has 0 saturated heterocycles. The van der Waals surface area contributed by atoms with Crippen LogP contribution in [0.3, 0.4) is 0 Å². The quantitative estimate of drug-likeness (QED) is 0.766. The van der Waals surface area contributed by atoms with Gasteiger partial charge in [-0.2, -0.15) is 0 Å². The number of hydrogen-bond donors (Lipinski definition) is 1. The van der Waals surface area contributed by atoms with Crippen LogP contribution in [-0.2, 0) is 6.54 Å². The van der Waals surface area contributed by atoms with Crippen LogP contribution >= 0.6 is 15.9 Å². The zero-order valence-electron chi connectivity index (χ0n) is 11.4. The fourth-order valence-electron chi connectivity index (χ4n) is 1.89. The first-order valence-electron chi connectivity index (χ1n) is 6.82. The third-order valence-corrected chi connectivity index (χ3v) is 3.87. The lowest BCUT2D eigenvalue weighted by Crippen LogP contribution is -2.11. The smallest absolute Gasteiger partial charge is 0.133 e. The molecule has 0 saturated carbocycles. The minimum atomic E-state index is 0.562. The van der Waals surface area contributed by atoms with Gasteiger partial charge in [0.05, 0.1) is 11.1 Å². The second kappa shape index (κ2) is 8.54. The van der Waals surface area contributed by atoms with Gasteiger partial charge in [0.2, 0.25) is 0 Å². The van der Waals surface area contributed by atoms with E-state index in [2.05, 4.69) is 29.8 Å². The summed E-state index contributed by atoms with van der Waals surface area (Å²) in [7, 11) is 0. The molecule has 2 nitrogen and oxygen atoms in total. The maximum atomic E-state index is 5.90. The van der Waals surface area contributed by atoms with Crippen LogP contribution in [0, 0.1) is 5.92 Å². The minimum absolute atomic E-state index is 0.562. The lowest BCUT2D eigenvalue weighted by atomic mass is 10.0. The van der Waals surface area contributed by atoms with Crippen LogP contribution in [0.2, 0.25) is 0 Å². The number of hydrogen-bond acceptors (Lipinski definition) is 2. The molecule has 0 aromatic heterocycles. The maximum Gasteiger partial charge on any atom is 0.133 e. The second-order valence-corrected chi connectivity index (χ2v) is 5.55. The van der Waals surface area contributed by atoms with E-state index in [1.807, 2.05) is 18.2 Å². The number of rotatable bonds is 8. The number of halogens is 1. The summed E-state index contributed by atoms with van der Waals surface area (Å²) < 4.78 is 6.89. The van der Waals surface area contributed by atoms with E-state index in [4.69, 9.17) is 10.5 Å². The molecule has 1 atom stereocenters. The van der Waals surface area contributed by atoms with E-state index in [9.17, 15) is 0 Å². The van der Waals surface area contributed by atoms with E-state index in [-0.39, 0.29) is 0 Å². The van der Waals surface area contributed by atoms with Gasteiger partial charge in [-0.15, -0.1) is 0 Å². The van der Waals surface area contributed by atoms with E-state index in [0.717, 1.165) is 22.4 Å². The van der Waals surface area contributed by atoms with Gasteiger partial charge in [0.25, 0.3) is 0 Å². The van der Waals surface area contributed by atoms with Gasteiger partial charge in [0, 0.05) is 6.54 Å². The van der Waals surface area contributed by atoms with Gasteiger partial charge < -0.3 is 10.5 Å². The summed E-state index contributed by atoms with van der Waals surface area (Å²) in [5.74, 6) is 1.58. The van der Waals surface area contributed by atoms with Crippen LogP contribution in [0.5, 0.6) is 5.75 Å². The minimum Gasteiger partial charge on any atom is -0.492 e. The second-order valence-electron chi connectivity index (χ2n) is 4.70. The van der Waals surface area contributed by atoms with Crippen molar-refractivity contribution in [2.75, 3.05) is 6.61 Å². The highest BCUT2D eigenvalue weighted by molar-refractivity contribution is 9.10. The highest BCUT2D eigenvalue weighted by Gasteiger charge is 2.08. The summed E-state index contributed by atoms with van der Waals surface area (Å²) in [4.78, 5) is 0. The van der Waals surface area contributed by atoms with Crippen molar-refractivity contribution in [1.82, 2.24) is 0 Å². The first-order valence-corrected chi connectivity index (χ1v) is 7.61. The third kappa shape index (κ3) is 4.99. The van der Waals surface area contributed by atoms with Crippen molar-refractivity contribution >= 4 is 15.9 Å². The van der Waals surface area contributed by atoms with E-state index in [0.29, 0.717) is 12.5 Å². The zero-order valence-corrected chi connectivity index (χ0v) is 13.0. The Balaban J connectivity index is 2.51. The predicted octanol–water partition coefficient (Wildman–Crippen LogP) is 4.50. The lowest BCUT2D eigenvalue weighted by molar-refractivity contribution is 0.232. The average Bonchev–Trinajstić information content (AvgIpc) is 2.40. The van der Waals surface area contributed by atoms with Crippen LogP contribution in [0.15, 0.2) is 22.7 Å². The van der Waals surface area contributed by atoms with Crippen molar-refractivity contribution in [2.45, 2.75) is 46.1 Å². The van der Waals surface area contributed by atoms with Crippen LogP contribution in [0.1, 0.15) is 45.1 Å². The summed E-state index contributed by atoms with van der Waals surface area (Å²) in [6, 6.07) is 6.05. The summed E-state index contributed by atoms with van der Waals surface area (Å²) in [5.41, 5.74) is 6.72. The number of benzene rings is 1. The standard InChI is InChI=1S/C15H24BrNO/c1-3-5-6-12(4-2)11-18-15-8-7-13(10-17)9-14(15)16/h7-9,12H,3-6,10-11,17H2,1-2H3. The molecular formula is C15H24BrNO. The molecule has 0 aliphatic heterocycles. The van der Waals surface area contributed by atoms with Crippen molar-refractivity contribution in [1.29, 1.82) is 0 Å². The van der Waals surface area contributed by atoms with Gasteiger partial charge in [0.15, 0.2) is 0 Å². The summed E-state index contributed by atoms with van der Waals surface area (Å²) in [6.07, 6.45) is 4.98. The Kier molecular flexibility index (Phi) is 7.36. The molecule has 0 fully saturated rings. The van der Waals surface area contributed by atoms with Crippen molar-refractivity contribution in [3.8, 4) is 5.75 Å². The molecule has 1 unspecified atom stereocenters. The van der Waals surface area contributed by atoms with E-state index in [1.165, 1.54) is 25.7 Å². The zero-order chi connectivity index (χ0) is 13.4. The highest BCUT2D eigenvalue weighted by atomic mass is 79.9. The number of nitrogens with two attached hydrogens (primary N) is 1. The molecule has 0 amide bonds. The molecule has 1 aromatic carbocycles. The van der Waals surface area contributed by atoms with Crippen LogP contribution in [-0.4, -0.2) is 6.61 Å². The Bertz CT molecular complexity index is 354. The van der Waals surface area contributed by atoms with Crippen molar-refractivity contribution < 1.29 is 4.74 Å². The largest absolute Gasteiger partial charge is 0.492 e. The van der Waals surface area contributed by atoms with Gasteiger partial charge >= 0.3 is 0 Å². The molecule has 0 bridgehead atoms. The molecule has 0 aliphatic rings. The summed E-state index contributed by atoms with van der Waals surface area (Å²) in [6.45, 7) is 5.83.